The van der Waals surface area contributed by atoms with Crippen molar-refractivity contribution in [1.29, 1.82) is 0 Å². The van der Waals surface area contributed by atoms with Gasteiger partial charge in [-0.1, -0.05) is 53.9 Å². The molecule has 18 heavy (non-hydrogen) atoms. The molecule has 0 saturated carbocycles. The zero-order chi connectivity index (χ0) is 14.1. The Kier molecular flexibility index (Phi) is 9.35. The van der Waals surface area contributed by atoms with Crippen LogP contribution in [-0.2, 0) is 4.79 Å². The minimum Gasteiger partial charge on any atom is -0.307 e. The number of nitrogens with one attached hydrogen (secondary N) is 1. The Morgan fingerprint density at radius 3 is 2.06 bits per heavy atom. The van der Waals surface area contributed by atoms with Crippen LogP contribution >= 0.6 is 0 Å². The highest BCUT2D eigenvalue weighted by Crippen LogP contribution is 2.17. The summed E-state index contributed by atoms with van der Waals surface area (Å²) in [6.45, 7) is 13.7. The van der Waals surface area contributed by atoms with Gasteiger partial charge in [0.2, 0.25) is 0 Å². The maximum atomic E-state index is 11.5. The predicted molar refractivity (Wildman–Crippen MR) is 79.8 cm³/mol. The standard InChI is InChI=1S/C16H33NO/c1-7-13(5)9-10-15(8-2)11-17-16(12(3)4)14(6)18/h12-13,15-17H,7-11H2,1-6H3/t13?,15?,16-/m1/s1. The summed E-state index contributed by atoms with van der Waals surface area (Å²) in [4.78, 5) is 11.5. The number of Topliss-reactive ketones (excluding diaryl/α,β-unsaturated/α-hetero) is 1. The lowest BCUT2D eigenvalue weighted by atomic mass is 9.92. The first-order valence-electron chi connectivity index (χ1n) is 7.66. The number of hydrogen-bond donors (Lipinski definition) is 1. The van der Waals surface area contributed by atoms with Crippen molar-refractivity contribution in [3.8, 4) is 0 Å². The maximum absolute atomic E-state index is 11.5. The molecular weight excluding hydrogens is 222 g/mol. The number of ketones is 1. The van der Waals surface area contributed by atoms with Gasteiger partial charge in [0.15, 0.2) is 0 Å². The van der Waals surface area contributed by atoms with E-state index in [4.69, 9.17) is 0 Å². The van der Waals surface area contributed by atoms with E-state index in [1.54, 1.807) is 6.92 Å². The first-order valence-corrected chi connectivity index (χ1v) is 7.66. The molecule has 0 aromatic rings. The van der Waals surface area contributed by atoms with Gasteiger partial charge in [0.05, 0.1) is 6.04 Å². The quantitative estimate of drug-likeness (QED) is 0.638. The van der Waals surface area contributed by atoms with Crippen LogP contribution in [0.5, 0.6) is 0 Å². The molecule has 2 unspecified atom stereocenters. The lowest BCUT2D eigenvalue weighted by molar-refractivity contribution is -0.120. The zero-order valence-corrected chi connectivity index (χ0v) is 13.3. The van der Waals surface area contributed by atoms with Crippen molar-refractivity contribution in [2.45, 2.75) is 73.3 Å². The van der Waals surface area contributed by atoms with Crippen LogP contribution in [0.2, 0.25) is 0 Å². The lowest BCUT2D eigenvalue weighted by Gasteiger charge is -2.24. The van der Waals surface area contributed by atoms with E-state index in [1.807, 2.05) is 0 Å². The Balaban J connectivity index is 4.08. The summed E-state index contributed by atoms with van der Waals surface area (Å²) in [7, 11) is 0. The van der Waals surface area contributed by atoms with E-state index >= 15 is 0 Å². The Labute approximate surface area is 114 Å². The van der Waals surface area contributed by atoms with E-state index in [2.05, 4.69) is 39.9 Å². The highest BCUT2D eigenvalue weighted by molar-refractivity contribution is 5.81. The van der Waals surface area contributed by atoms with Crippen LogP contribution in [0.15, 0.2) is 0 Å². The third-order valence-corrected chi connectivity index (χ3v) is 4.07. The molecular formula is C16H33NO. The van der Waals surface area contributed by atoms with Gasteiger partial charge in [-0.2, -0.15) is 0 Å². The molecule has 0 spiro atoms. The van der Waals surface area contributed by atoms with E-state index in [1.165, 1.54) is 25.7 Å². The van der Waals surface area contributed by atoms with E-state index in [-0.39, 0.29) is 11.8 Å². The minimum atomic E-state index is 0.0302. The molecule has 0 radical (unpaired) electrons. The SMILES string of the molecule is CCC(C)CCC(CC)CN[C@@H](C(C)=O)C(C)C. The van der Waals surface area contributed by atoms with Crippen LogP contribution in [0.25, 0.3) is 0 Å². The van der Waals surface area contributed by atoms with Crippen molar-refractivity contribution in [3.63, 3.8) is 0 Å². The van der Waals surface area contributed by atoms with Gasteiger partial charge < -0.3 is 5.32 Å². The monoisotopic (exact) mass is 255 g/mol. The number of hydrogen-bond acceptors (Lipinski definition) is 2. The van der Waals surface area contributed by atoms with E-state index < -0.39 is 0 Å². The summed E-state index contributed by atoms with van der Waals surface area (Å²) in [5, 5.41) is 3.46. The fraction of sp³-hybridized carbons (Fsp3) is 0.938. The Morgan fingerprint density at radius 2 is 1.67 bits per heavy atom. The third kappa shape index (κ3) is 7.15. The molecule has 0 aliphatic heterocycles. The first kappa shape index (κ1) is 17.6. The smallest absolute Gasteiger partial charge is 0.146 e. The van der Waals surface area contributed by atoms with Crippen LogP contribution in [0, 0.1) is 17.8 Å². The average molecular weight is 255 g/mol. The molecule has 0 rings (SSSR count). The van der Waals surface area contributed by atoms with Gasteiger partial charge in [-0.3, -0.25) is 4.79 Å². The molecule has 0 heterocycles. The molecule has 2 nitrogen and oxygen atoms in total. The third-order valence-electron chi connectivity index (χ3n) is 4.07. The zero-order valence-electron chi connectivity index (χ0n) is 13.3. The minimum absolute atomic E-state index is 0.0302. The van der Waals surface area contributed by atoms with Gasteiger partial charge in [0.1, 0.15) is 5.78 Å². The summed E-state index contributed by atoms with van der Waals surface area (Å²) in [5.41, 5.74) is 0. The van der Waals surface area contributed by atoms with Crippen molar-refractivity contribution >= 4 is 5.78 Å². The van der Waals surface area contributed by atoms with Crippen molar-refractivity contribution < 1.29 is 4.79 Å². The summed E-state index contributed by atoms with van der Waals surface area (Å²) in [6.07, 6.45) is 5.06. The molecule has 0 aliphatic carbocycles. The van der Waals surface area contributed by atoms with Gasteiger partial charge in [0.25, 0.3) is 0 Å². The van der Waals surface area contributed by atoms with Crippen LogP contribution in [0.3, 0.4) is 0 Å². The van der Waals surface area contributed by atoms with Crippen molar-refractivity contribution in [1.82, 2.24) is 5.32 Å². The fourth-order valence-corrected chi connectivity index (χ4v) is 2.32. The lowest BCUT2D eigenvalue weighted by Crippen LogP contribution is -2.42. The molecule has 0 aliphatic rings. The van der Waals surface area contributed by atoms with Crippen molar-refractivity contribution in [3.05, 3.63) is 0 Å². The molecule has 0 fully saturated rings. The molecule has 2 heteroatoms. The first-order chi connectivity index (χ1) is 8.42. The number of rotatable bonds is 10. The normalized spacial score (nSPS) is 16.6. The van der Waals surface area contributed by atoms with Gasteiger partial charge >= 0.3 is 0 Å². The van der Waals surface area contributed by atoms with Crippen LogP contribution in [-0.4, -0.2) is 18.4 Å². The summed E-state index contributed by atoms with van der Waals surface area (Å²) in [5.74, 6) is 2.18. The Hall–Kier alpha value is -0.370. The van der Waals surface area contributed by atoms with Crippen LogP contribution < -0.4 is 5.32 Å². The second-order valence-corrected chi connectivity index (χ2v) is 6.11. The summed E-state index contributed by atoms with van der Waals surface area (Å²) < 4.78 is 0. The Bertz CT molecular complexity index is 225. The topological polar surface area (TPSA) is 29.1 Å². The second-order valence-electron chi connectivity index (χ2n) is 6.11. The van der Waals surface area contributed by atoms with Crippen molar-refractivity contribution in [2.24, 2.45) is 17.8 Å². The predicted octanol–water partition coefficient (Wildman–Crippen LogP) is 4.04. The van der Waals surface area contributed by atoms with Crippen LogP contribution in [0.1, 0.15) is 67.2 Å². The number of carbonyl (C=O) groups is 1. The molecule has 0 saturated heterocycles. The largest absolute Gasteiger partial charge is 0.307 e. The molecule has 0 aromatic heterocycles. The highest BCUT2D eigenvalue weighted by atomic mass is 16.1. The molecule has 3 atom stereocenters. The van der Waals surface area contributed by atoms with Gasteiger partial charge in [-0.15, -0.1) is 0 Å². The molecule has 1 N–H and O–H groups in total. The number of carbonyl (C=O) groups excluding carboxylic acids is 1. The maximum Gasteiger partial charge on any atom is 0.146 e. The highest BCUT2D eigenvalue weighted by Gasteiger charge is 2.19. The molecule has 108 valence electrons. The molecule has 0 amide bonds. The van der Waals surface area contributed by atoms with Gasteiger partial charge in [0, 0.05) is 0 Å². The van der Waals surface area contributed by atoms with Gasteiger partial charge in [-0.05, 0) is 37.6 Å². The fourth-order valence-electron chi connectivity index (χ4n) is 2.32. The van der Waals surface area contributed by atoms with E-state index in [0.717, 1.165) is 12.5 Å². The van der Waals surface area contributed by atoms with E-state index in [0.29, 0.717) is 11.8 Å². The Morgan fingerprint density at radius 1 is 1.06 bits per heavy atom. The molecule has 0 bridgehead atoms. The average Bonchev–Trinajstić information content (AvgIpc) is 2.31. The van der Waals surface area contributed by atoms with Gasteiger partial charge in [-0.25, -0.2) is 0 Å². The summed E-state index contributed by atoms with van der Waals surface area (Å²) >= 11 is 0. The molecule has 0 aromatic carbocycles. The second kappa shape index (κ2) is 9.55. The van der Waals surface area contributed by atoms with E-state index in [9.17, 15) is 4.79 Å². The van der Waals surface area contributed by atoms with Crippen LogP contribution in [0.4, 0.5) is 0 Å². The van der Waals surface area contributed by atoms with Crippen molar-refractivity contribution in [2.75, 3.05) is 6.54 Å². The summed E-state index contributed by atoms with van der Waals surface area (Å²) in [6, 6.07) is 0.0302.